The quantitative estimate of drug-likeness (QED) is 0.385. The third kappa shape index (κ3) is 5.60. The lowest BCUT2D eigenvalue weighted by Crippen LogP contribution is -1.91. The highest BCUT2D eigenvalue weighted by molar-refractivity contribution is 9.10. The molecule has 1 aliphatic rings. The molecule has 0 atom stereocenters. The van der Waals surface area contributed by atoms with Crippen LogP contribution in [0.4, 0.5) is 20.2 Å². The van der Waals surface area contributed by atoms with Gasteiger partial charge in [-0.3, -0.25) is 20.2 Å². The number of nitro benzene ring substituents is 2. The summed E-state index contributed by atoms with van der Waals surface area (Å²) in [5.41, 5.74) is -0.147. The van der Waals surface area contributed by atoms with Crippen molar-refractivity contribution in [1.82, 2.24) is 0 Å². The van der Waals surface area contributed by atoms with Gasteiger partial charge in [0.05, 0.1) is 19.9 Å². The smallest absolute Gasteiger partial charge is 0.258 e. The predicted molar refractivity (Wildman–Crippen MR) is 93.4 cm³/mol. The second-order valence-electron chi connectivity index (χ2n) is 5.32. The van der Waals surface area contributed by atoms with Crippen molar-refractivity contribution < 1.29 is 18.6 Å². The molecule has 0 N–H and O–H groups in total. The Morgan fingerprint density at radius 1 is 0.962 bits per heavy atom. The molecule has 0 aromatic heterocycles. The molecule has 1 fully saturated rings. The molecule has 2 aromatic rings. The van der Waals surface area contributed by atoms with E-state index in [4.69, 9.17) is 0 Å². The maximum absolute atomic E-state index is 13.2. The van der Waals surface area contributed by atoms with Crippen molar-refractivity contribution in [3.05, 3.63) is 78.3 Å². The zero-order valence-electron chi connectivity index (χ0n) is 13.1. The van der Waals surface area contributed by atoms with Gasteiger partial charge in [0.1, 0.15) is 11.6 Å². The molecule has 0 radical (unpaired) electrons. The molecule has 0 aliphatic heterocycles. The topological polar surface area (TPSA) is 86.3 Å². The standard InChI is InChI=1S/C11H8FNO2.C6H3BrFNO2/c12-11-6-5-10(13(14)15)7-9(11)4-3-8-1-2-8;7-5-3-4(9(10)11)1-2-6(5)8/h5-8H,1-2H2;1-3H. The SMILES string of the molecule is O=[N+]([O-])c1ccc(F)c(Br)c1.O=[N+]([O-])c1ccc(F)c(C#CC2CC2)c1. The number of hydrogen-bond acceptors (Lipinski definition) is 4. The summed E-state index contributed by atoms with van der Waals surface area (Å²) < 4.78 is 25.8. The first kappa shape index (κ1) is 19.5. The molecular formula is C17H11BrF2N2O4. The first-order chi connectivity index (χ1) is 12.3. The Hall–Kier alpha value is -2.86. The predicted octanol–water partition coefficient (Wildman–Crippen LogP) is 4.99. The lowest BCUT2D eigenvalue weighted by atomic mass is 10.2. The van der Waals surface area contributed by atoms with E-state index in [0.29, 0.717) is 5.92 Å². The van der Waals surface area contributed by atoms with Gasteiger partial charge in [-0.15, -0.1) is 0 Å². The lowest BCUT2D eigenvalue weighted by Gasteiger charge is -1.94. The van der Waals surface area contributed by atoms with Crippen molar-refractivity contribution in [2.75, 3.05) is 0 Å². The molecule has 6 nitrogen and oxygen atoms in total. The average Bonchev–Trinajstić information content (AvgIpc) is 3.41. The first-order valence-electron chi connectivity index (χ1n) is 7.33. The maximum atomic E-state index is 13.2. The molecule has 0 heterocycles. The number of benzene rings is 2. The second kappa shape index (κ2) is 8.49. The molecule has 26 heavy (non-hydrogen) atoms. The fraction of sp³-hybridized carbons (Fsp3) is 0.176. The normalized spacial score (nSPS) is 12.3. The van der Waals surface area contributed by atoms with Crippen LogP contribution in [0.25, 0.3) is 0 Å². The number of halogens is 3. The number of non-ortho nitro benzene ring substituents is 2. The molecule has 134 valence electrons. The second-order valence-corrected chi connectivity index (χ2v) is 6.17. The van der Waals surface area contributed by atoms with Crippen LogP contribution in [0.1, 0.15) is 18.4 Å². The Morgan fingerprint density at radius 2 is 1.50 bits per heavy atom. The summed E-state index contributed by atoms with van der Waals surface area (Å²) in [6.45, 7) is 0. The summed E-state index contributed by atoms with van der Waals surface area (Å²) >= 11 is 2.83. The van der Waals surface area contributed by atoms with Crippen molar-refractivity contribution in [3.63, 3.8) is 0 Å². The third-order valence-corrected chi connectivity index (χ3v) is 3.87. The molecule has 0 spiro atoms. The van der Waals surface area contributed by atoms with E-state index >= 15 is 0 Å². The van der Waals surface area contributed by atoms with E-state index in [1.54, 1.807) is 0 Å². The molecule has 0 saturated heterocycles. The van der Waals surface area contributed by atoms with Crippen LogP contribution in [0.15, 0.2) is 40.9 Å². The van der Waals surface area contributed by atoms with Crippen LogP contribution < -0.4 is 0 Å². The number of rotatable bonds is 2. The van der Waals surface area contributed by atoms with Gasteiger partial charge in [0, 0.05) is 30.2 Å². The lowest BCUT2D eigenvalue weighted by molar-refractivity contribution is -0.385. The zero-order chi connectivity index (χ0) is 19.3. The first-order valence-corrected chi connectivity index (χ1v) is 8.12. The van der Waals surface area contributed by atoms with E-state index in [0.717, 1.165) is 43.2 Å². The van der Waals surface area contributed by atoms with Crippen LogP contribution in [0, 0.1) is 49.6 Å². The summed E-state index contributed by atoms with van der Waals surface area (Å²) in [6, 6.07) is 6.66. The van der Waals surface area contributed by atoms with Crippen molar-refractivity contribution >= 4 is 27.3 Å². The van der Waals surface area contributed by atoms with Gasteiger partial charge in [0.25, 0.3) is 11.4 Å². The largest absolute Gasteiger partial charge is 0.270 e. The van der Waals surface area contributed by atoms with Gasteiger partial charge >= 0.3 is 0 Å². The molecular weight excluding hydrogens is 414 g/mol. The van der Waals surface area contributed by atoms with Gasteiger partial charge < -0.3 is 0 Å². The fourth-order valence-electron chi connectivity index (χ4n) is 1.73. The van der Waals surface area contributed by atoms with Gasteiger partial charge in [-0.1, -0.05) is 11.8 Å². The Morgan fingerprint density at radius 3 is 2.00 bits per heavy atom. The van der Waals surface area contributed by atoms with Crippen LogP contribution in [0.5, 0.6) is 0 Å². The van der Waals surface area contributed by atoms with Gasteiger partial charge in [0.15, 0.2) is 0 Å². The van der Waals surface area contributed by atoms with E-state index in [1.807, 2.05) is 0 Å². The summed E-state index contributed by atoms with van der Waals surface area (Å²) in [6.07, 6.45) is 2.09. The van der Waals surface area contributed by atoms with Gasteiger partial charge in [-0.05, 0) is 40.9 Å². The van der Waals surface area contributed by atoms with Crippen LogP contribution >= 0.6 is 15.9 Å². The highest BCUT2D eigenvalue weighted by Gasteiger charge is 2.18. The number of nitro groups is 2. The Balaban J connectivity index is 0.000000197. The summed E-state index contributed by atoms with van der Waals surface area (Å²) in [4.78, 5) is 19.4. The Bertz CT molecular complexity index is 921. The molecule has 1 saturated carbocycles. The molecule has 0 bridgehead atoms. The summed E-state index contributed by atoms with van der Waals surface area (Å²) in [5.74, 6) is 4.85. The minimum Gasteiger partial charge on any atom is -0.258 e. The van der Waals surface area contributed by atoms with Crippen molar-refractivity contribution in [3.8, 4) is 11.8 Å². The highest BCUT2D eigenvalue weighted by atomic mass is 79.9. The van der Waals surface area contributed by atoms with Gasteiger partial charge in [-0.2, -0.15) is 0 Å². The zero-order valence-corrected chi connectivity index (χ0v) is 14.7. The minimum atomic E-state index is -0.579. The number of nitrogens with zero attached hydrogens (tertiary/aromatic N) is 2. The molecule has 0 amide bonds. The van der Waals surface area contributed by atoms with E-state index < -0.39 is 21.5 Å². The summed E-state index contributed by atoms with van der Waals surface area (Å²) in [7, 11) is 0. The van der Waals surface area contributed by atoms with Crippen LogP contribution in [0.3, 0.4) is 0 Å². The fourth-order valence-corrected chi connectivity index (χ4v) is 2.10. The molecule has 3 rings (SSSR count). The Labute approximate surface area is 155 Å². The maximum Gasteiger partial charge on any atom is 0.270 e. The van der Waals surface area contributed by atoms with Crippen molar-refractivity contribution in [2.45, 2.75) is 12.8 Å². The minimum absolute atomic E-state index is 0.103. The molecule has 9 heteroatoms. The molecule has 2 aromatic carbocycles. The van der Waals surface area contributed by atoms with Crippen molar-refractivity contribution in [2.24, 2.45) is 5.92 Å². The van der Waals surface area contributed by atoms with E-state index in [9.17, 15) is 29.0 Å². The monoisotopic (exact) mass is 424 g/mol. The third-order valence-electron chi connectivity index (χ3n) is 3.26. The summed E-state index contributed by atoms with van der Waals surface area (Å²) in [5, 5.41) is 20.6. The van der Waals surface area contributed by atoms with Crippen LogP contribution in [-0.4, -0.2) is 9.85 Å². The van der Waals surface area contributed by atoms with Crippen molar-refractivity contribution in [1.29, 1.82) is 0 Å². The molecule has 0 unspecified atom stereocenters. The average molecular weight is 425 g/mol. The van der Waals surface area contributed by atoms with Gasteiger partial charge in [-0.25, -0.2) is 8.78 Å². The van der Waals surface area contributed by atoms with Gasteiger partial charge in [0.2, 0.25) is 0 Å². The highest BCUT2D eigenvalue weighted by Crippen LogP contribution is 2.28. The van der Waals surface area contributed by atoms with E-state index in [1.165, 1.54) is 6.07 Å². The number of hydrogen-bond donors (Lipinski definition) is 0. The Kier molecular flexibility index (Phi) is 6.36. The van der Waals surface area contributed by atoms with E-state index in [2.05, 4.69) is 27.8 Å². The van der Waals surface area contributed by atoms with Crippen LogP contribution in [-0.2, 0) is 0 Å². The van der Waals surface area contributed by atoms with E-state index in [-0.39, 0.29) is 21.4 Å². The van der Waals surface area contributed by atoms with Crippen LogP contribution in [0.2, 0.25) is 0 Å². The molecule has 1 aliphatic carbocycles.